The molecule has 3 aliphatic heterocycles. The molecule has 0 aliphatic carbocycles. The standard InChI is InChI=1S/C18H15N3O2/c1-11-10-15-12-6-2-5-9-16(12)23-18(21(15)20-11)13-7-3-4-8-14(13)19-17(18)22/h2-9,15H,10H2,1H3,(H,19,22)/t15-,18-/m0/s1. The lowest BCUT2D eigenvalue weighted by molar-refractivity contribution is -0.161. The van der Waals surface area contributed by atoms with E-state index in [-0.39, 0.29) is 11.9 Å². The van der Waals surface area contributed by atoms with Crippen LogP contribution in [-0.4, -0.2) is 16.6 Å². The summed E-state index contributed by atoms with van der Waals surface area (Å²) in [7, 11) is 0. The summed E-state index contributed by atoms with van der Waals surface area (Å²) in [6.45, 7) is 1.99. The minimum absolute atomic E-state index is 0.0249. The Bertz CT molecular complexity index is 876. The van der Waals surface area contributed by atoms with Crippen LogP contribution in [0.5, 0.6) is 5.75 Å². The maximum absolute atomic E-state index is 12.9. The first-order valence-electron chi connectivity index (χ1n) is 7.72. The minimum atomic E-state index is -1.21. The van der Waals surface area contributed by atoms with E-state index in [1.807, 2.05) is 60.5 Å². The largest absolute Gasteiger partial charge is 0.453 e. The minimum Gasteiger partial charge on any atom is -0.453 e. The summed E-state index contributed by atoms with van der Waals surface area (Å²) in [6.07, 6.45) is 0.803. The van der Waals surface area contributed by atoms with Crippen molar-refractivity contribution in [2.45, 2.75) is 25.1 Å². The fourth-order valence-electron chi connectivity index (χ4n) is 3.79. The zero-order valence-corrected chi connectivity index (χ0v) is 12.6. The van der Waals surface area contributed by atoms with E-state index in [0.717, 1.165) is 34.7 Å². The van der Waals surface area contributed by atoms with Gasteiger partial charge in [-0.2, -0.15) is 5.10 Å². The fraction of sp³-hybridized carbons (Fsp3) is 0.222. The Labute approximate surface area is 133 Å². The van der Waals surface area contributed by atoms with Gasteiger partial charge in [-0.25, -0.2) is 5.01 Å². The molecule has 0 unspecified atom stereocenters. The number of carbonyl (C=O) groups is 1. The number of fused-ring (bicyclic) bond motifs is 6. The van der Waals surface area contributed by atoms with E-state index in [4.69, 9.17) is 4.74 Å². The van der Waals surface area contributed by atoms with Crippen molar-refractivity contribution in [2.75, 3.05) is 5.32 Å². The molecule has 3 aliphatic rings. The van der Waals surface area contributed by atoms with Gasteiger partial charge < -0.3 is 10.1 Å². The third kappa shape index (κ3) is 1.46. The van der Waals surface area contributed by atoms with Crippen LogP contribution in [-0.2, 0) is 10.5 Å². The number of benzene rings is 2. The molecule has 5 rings (SSSR count). The van der Waals surface area contributed by atoms with Gasteiger partial charge >= 0.3 is 5.72 Å². The number of carbonyl (C=O) groups excluding carboxylic acids is 1. The van der Waals surface area contributed by atoms with E-state index < -0.39 is 5.72 Å². The molecule has 2 atom stereocenters. The number of nitrogens with zero attached hydrogens (tertiary/aromatic N) is 2. The zero-order valence-electron chi connectivity index (χ0n) is 12.6. The maximum Gasteiger partial charge on any atom is 0.306 e. The highest BCUT2D eigenvalue weighted by Gasteiger charge is 2.60. The van der Waals surface area contributed by atoms with E-state index in [0.29, 0.717) is 0 Å². The first-order valence-corrected chi connectivity index (χ1v) is 7.72. The van der Waals surface area contributed by atoms with Crippen molar-refractivity contribution >= 4 is 17.3 Å². The molecule has 2 aromatic rings. The molecular weight excluding hydrogens is 290 g/mol. The normalized spacial score (nSPS) is 27.0. The Morgan fingerprint density at radius 1 is 1.22 bits per heavy atom. The van der Waals surface area contributed by atoms with Crippen LogP contribution >= 0.6 is 0 Å². The number of ether oxygens (including phenoxy) is 1. The van der Waals surface area contributed by atoms with Gasteiger partial charge in [-0.15, -0.1) is 0 Å². The molecule has 1 amide bonds. The van der Waals surface area contributed by atoms with Gasteiger partial charge in [0.2, 0.25) is 0 Å². The SMILES string of the molecule is CC1=NN2[C@@H](C1)c1ccccc1O[C@@]21C(=O)Nc2ccccc21. The number of anilines is 1. The predicted octanol–water partition coefficient (Wildman–Crippen LogP) is 3.01. The smallest absolute Gasteiger partial charge is 0.306 e. The van der Waals surface area contributed by atoms with Gasteiger partial charge in [0.1, 0.15) is 5.75 Å². The predicted molar refractivity (Wildman–Crippen MR) is 86.1 cm³/mol. The Hall–Kier alpha value is -2.82. The molecule has 3 heterocycles. The van der Waals surface area contributed by atoms with Crippen molar-refractivity contribution in [3.8, 4) is 5.75 Å². The van der Waals surface area contributed by atoms with Gasteiger partial charge in [0.15, 0.2) is 0 Å². The van der Waals surface area contributed by atoms with Crippen LogP contribution in [0.1, 0.15) is 30.5 Å². The van der Waals surface area contributed by atoms with Crippen molar-refractivity contribution < 1.29 is 9.53 Å². The second kappa shape index (κ2) is 4.13. The molecule has 1 N–H and O–H groups in total. The second-order valence-electron chi connectivity index (χ2n) is 6.18. The average Bonchev–Trinajstić information content (AvgIpc) is 3.08. The van der Waals surface area contributed by atoms with E-state index >= 15 is 0 Å². The van der Waals surface area contributed by atoms with Gasteiger partial charge in [-0.05, 0) is 19.1 Å². The fourth-order valence-corrected chi connectivity index (χ4v) is 3.79. The lowest BCUT2D eigenvalue weighted by atomic mass is 9.93. The lowest BCUT2D eigenvalue weighted by Crippen LogP contribution is -2.55. The molecule has 0 bridgehead atoms. The Morgan fingerprint density at radius 3 is 2.91 bits per heavy atom. The molecule has 2 aromatic carbocycles. The Balaban J connectivity index is 1.79. The van der Waals surface area contributed by atoms with Gasteiger partial charge in [0.05, 0.1) is 17.3 Å². The number of hydrogen-bond acceptors (Lipinski definition) is 4. The molecule has 114 valence electrons. The summed E-state index contributed by atoms with van der Waals surface area (Å²) < 4.78 is 6.29. The molecular formula is C18H15N3O2. The van der Waals surface area contributed by atoms with Crippen LogP contribution in [0.15, 0.2) is 53.6 Å². The van der Waals surface area contributed by atoms with Crippen molar-refractivity contribution in [3.05, 3.63) is 59.7 Å². The van der Waals surface area contributed by atoms with E-state index in [1.165, 1.54) is 0 Å². The summed E-state index contributed by atoms with van der Waals surface area (Å²) in [4.78, 5) is 12.9. The summed E-state index contributed by atoms with van der Waals surface area (Å²) >= 11 is 0. The van der Waals surface area contributed by atoms with E-state index in [9.17, 15) is 4.79 Å². The molecule has 0 saturated heterocycles. The van der Waals surface area contributed by atoms with Gasteiger partial charge in [-0.1, -0.05) is 36.4 Å². The van der Waals surface area contributed by atoms with E-state index in [1.54, 1.807) is 0 Å². The highest BCUT2D eigenvalue weighted by molar-refractivity contribution is 6.05. The Morgan fingerprint density at radius 2 is 2.00 bits per heavy atom. The maximum atomic E-state index is 12.9. The molecule has 23 heavy (non-hydrogen) atoms. The summed E-state index contributed by atoms with van der Waals surface area (Å²) in [5.74, 6) is 0.571. The summed E-state index contributed by atoms with van der Waals surface area (Å²) in [5, 5.41) is 9.44. The molecule has 5 nitrogen and oxygen atoms in total. The number of nitrogens with one attached hydrogen (secondary N) is 1. The number of amides is 1. The highest BCUT2D eigenvalue weighted by Crippen LogP contribution is 2.53. The third-order valence-electron chi connectivity index (χ3n) is 4.77. The van der Waals surface area contributed by atoms with Crippen molar-refractivity contribution in [1.82, 2.24) is 5.01 Å². The van der Waals surface area contributed by atoms with Crippen molar-refractivity contribution in [1.29, 1.82) is 0 Å². The summed E-state index contributed by atoms with van der Waals surface area (Å²) in [6, 6.07) is 15.6. The lowest BCUT2D eigenvalue weighted by Gasteiger charge is -2.44. The molecule has 5 heteroatoms. The van der Waals surface area contributed by atoms with Gasteiger partial charge in [0.25, 0.3) is 5.91 Å². The monoisotopic (exact) mass is 305 g/mol. The first-order chi connectivity index (χ1) is 11.2. The number of hydrazone groups is 1. The van der Waals surface area contributed by atoms with Crippen molar-refractivity contribution in [3.63, 3.8) is 0 Å². The first kappa shape index (κ1) is 12.7. The van der Waals surface area contributed by atoms with Crippen LogP contribution in [0.4, 0.5) is 5.69 Å². The number of hydrogen-bond donors (Lipinski definition) is 1. The quantitative estimate of drug-likeness (QED) is 0.814. The Kier molecular flexibility index (Phi) is 2.28. The summed E-state index contributed by atoms with van der Waals surface area (Å²) in [5.41, 5.74) is 2.48. The highest BCUT2D eigenvalue weighted by atomic mass is 16.5. The molecule has 0 radical (unpaired) electrons. The van der Waals surface area contributed by atoms with Crippen LogP contribution in [0.25, 0.3) is 0 Å². The number of para-hydroxylation sites is 2. The molecule has 0 aromatic heterocycles. The second-order valence-corrected chi connectivity index (χ2v) is 6.18. The zero-order chi connectivity index (χ0) is 15.6. The van der Waals surface area contributed by atoms with Crippen LogP contribution in [0, 0.1) is 0 Å². The van der Waals surface area contributed by atoms with E-state index in [2.05, 4.69) is 10.4 Å². The van der Waals surface area contributed by atoms with Crippen LogP contribution in [0.2, 0.25) is 0 Å². The topological polar surface area (TPSA) is 53.9 Å². The van der Waals surface area contributed by atoms with Gasteiger partial charge in [0, 0.05) is 17.7 Å². The average molecular weight is 305 g/mol. The van der Waals surface area contributed by atoms with Gasteiger partial charge in [-0.3, -0.25) is 4.79 Å². The van der Waals surface area contributed by atoms with Crippen LogP contribution in [0.3, 0.4) is 0 Å². The third-order valence-corrected chi connectivity index (χ3v) is 4.77. The number of rotatable bonds is 0. The van der Waals surface area contributed by atoms with Crippen molar-refractivity contribution in [2.24, 2.45) is 5.10 Å². The molecule has 1 spiro atoms. The molecule has 0 fully saturated rings. The molecule has 0 saturated carbocycles. The van der Waals surface area contributed by atoms with Crippen LogP contribution < -0.4 is 10.1 Å².